The quantitative estimate of drug-likeness (QED) is 0.400. The second-order valence-corrected chi connectivity index (χ2v) is 12.1. The summed E-state index contributed by atoms with van der Waals surface area (Å²) >= 11 is 0. The van der Waals surface area contributed by atoms with Crippen LogP contribution in [-0.4, -0.2) is 65.4 Å². The van der Waals surface area contributed by atoms with Crippen LogP contribution < -0.4 is 10.1 Å². The minimum atomic E-state index is -4.46. The van der Waals surface area contributed by atoms with Crippen molar-refractivity contribution in [3.05, 3.63) is 41.0 Å². The van der Waals surface area contributed by atoms with Crippen LogP contribution in [0, 0.1) is 11.3 Å². The topological polar surface area (TPSA) is 134 Å². The standard InChI is InChI=1S/C25H29F5N4O5S/c1-3-20-33-21(22(35)32-14-24(36)9-7-16(8-10-24)40(2,37)38)18(13-31)34(20)17-5-4-15(6-11-25(28,29)30)12-19(17)39-23(26)27/h4-5,12,16,23,36H,3,6-11,14H2,1-2H3,(H,32,35)/t16-,24+. The molecule has 40 heavy (non-hydrogen) atoms. The number of sulfone groups is 1. The Balaban J connectivity index is 1.90. The van der Waals surface area contributed by atoms with Crippen molar-refractivity contribution >= 4 is 15.7 Å². The highest BCUT2D eigenvalue weighted by Gasteiger charge is 2.37. The van der Waals surface area contributed by atoms with Gasteiger partial charge in [-0.25, -0.2) is 13.4 Å². The number of rotatable bonds is 10. The fourth-order valence-electron chi connectivity index (χ4n) is 4.66. The zero-order valence-corrected chi connectivity index (χ0v) is 22.6. The number of alkyl halides is 5. The van der Waals surface area contributed by atoms with Gasteiger partial charge in [-0.3, -0.25) is 9.36 Å². The number of nitriles is 1. The molecule has 2 N–H and O–H groups in total. The first-order chi connectivity index (χ1) is 18.6. The molecule has 1 aromatic heterocycles. The molecule has 1 saturated carbocycles. The number of aliphatic hydroxyl groups is 1. The molecule has 1 fully saturated rings. The summed E-state index contributed by atoms with van der Waals surface area (Å²) in [4.78, 5) is 17.2. The van der Waals surface area contributed by atoms with E-state index in [1.54, 1.807) is 6.92 Å². The first-order valence-corrected chi connectivity index (χ1v) is 14.4. The molecule has 0 atom stereocenters. The molecule has 0 spiro atoms. The number of hydrogen-bond donors (Lipinski definition) is 2. The van der Waals surface area contributed by atoms with Gasteiger partial charge in [-0.1, -0.05) is 13.0 Å². The van der Waals surface area contributed by atoms with Gasteiger partial charge in [0.25, 0.3) is 5.91 Å². The third-order valence-corrected chi connectivity index (χ3v) is 8.49. The Labute approximate surface area is 227 Å². The summed E-state index contributed by atoms with van der Waals surface area (Å²) in [5, 5.41) is 22.7. The van der Waals surface area contributed by atoms with Gasteiger partial charge < -0.3 is 15.2 Å². The highest BCUT2D eigenvalue weighted by molar-refractivity contribution is 7.91. The number of hydrogen-bond acceptors (Lipinski definition) is 7. The number of aromatic nitrogens is 2. The summed E-state index contributed by atoms with van der Waals surface area (Å²) in [6, 6.07) is 5.35. The van der Waals surface area contributed by atoms with Crippen molar-refractivity contribution in [2.45, 2.75) is 75.5 Å². The predicted molar refractivity (Wildman–Crippen MR) is 133 cm³/mol. The minimum Gasteiger partial charge on any atom is -0.433 e. The molecule has 1 aromatic carbocycles. The highest BCUT2D eigenvalue weighted by atomic mass is 32.2. The zero-order chi connectivity index (χ0) is 29.9. The SMILES string of the molecule is CCc1nc(C(=O)NC[C@]2(O)CC[C@@H](S(C)(=O)=O)CC2)c(C#N)n1-c1ccc(CCC(F)(F)F)cc1OC(F)F. The monoisotopic (exact) mass is 592 g/mol. The van der Waals surface area contributed by atoms with E-state index in [-0.39, 0.29) is 67.1 Å². The number of imidazole rings is 1. The van der Waals surface area contributed by atoms with E-state index in [4.69, 9.17) is 0 Å². The number of carbonyl (C=O) groups excluding carboxylic acids is 1. The Hall–Kier alpha value is -3.25. The molecule has 3 rings (SSSR count). The van der Waals surface area contributed by atoms with E-state index >= 15 is 0 Å². The molecule has 0 bridgehead atoms. The maximum Gasteiger partial charge on any atom is 0.389 e. The molecule has 1 aliphatic rings. The molecular weight excluding hydrogens is 563 g/mol. The summed E-state index contributed by atoms with van der Waals surface area (Å²) < 4.78 is 93.7. The van der Waals surface area contributed by atoms with Gasteiger partial charge in [0, 0.05) is 25.6 Å². The second kappa shape index (κ2) is 12.1. The fraction of sp³-hybridized carbons (Fsp3) is 0.560. The van der Waals surface area contributed by atoms with Crippen LogP contribution in [0.3, 0.4) is 0 Å². The number of halogens is 5. The van der Waals surface area contributed by atoms with E-state index in [0.717, 1.165) is 16.9 Å². The van der Waals surface area contributed by atoms with E-state index in [2.05, 4.69) is 15.0 Å². The second-order valence-electron chi connectivity index (χ2n) is 9.76. The van der Waals surface area contributed by atoms with Gasteiger partial charge in [-0.15, -0.1) is 0 Å². The third kappa shape index (κ3) is 7.69. The van der Waals surface area contributed by atoms with E-state index in [1.807, 2.05) is 6.07 Å². The molecule has 220 valence electrons. The number of nitrogens with one attached hydrogen (secondary N) is 1. The van der Waals surface area contributed by atoms with Crippen molar-refractivity contribution in [3.63, 3.8) is 0 Å². The number of carbonyl (C=O) groups is 1. The summed E-state index contributed by atoms with van der Waals surface area (Å²) in [5.74, 6) is -1.21. The Morgan fingerprint density at radius 2 is 1.98 bits per heavy atom. The van der Waals surface area contributed by atoms with Crippen molar-refractivity contribution in [1.29, 1.82) is 5.26 Å². The van der Waals surface area contributed by atoms with Gasteiger partial charge in [0.05, 0.1) is 16.5 Å². The van der Waals surface area contributed by atoms with Crippen LogP contribution in [-0.2, 0) is 22.7 Å². The van der Waals surface area contributed by atoms with Crippen molar-refractivity contribution in [2.24, 2.45) is 0 Å². The number of benzene rings is 1. The molecule has 0 saturated heterocycles. The van der Waals surface area contributed by atoms with E-state index in [1.165, 1.54) is 12.1 Å². The van der Waals surface area contributed by atoms with Crippen LogP contribution in [0.2, 0.25) is 0 Å². The Kier molecular flexibility index (Phi) is 9.46. The van der Waals surface area contributed by atoms with E-state index < -0.39 is 58.0 Å². The average Bonchev–Trinajstić information content (AvgIpc) is 3.24. The molecule has 1 aliphatic carbocycles. The first kappa shape index (κ1) is 31.3. The van der Waals surface area contributed by atoms with Crippen LogP contribution in [0.4, 0.5) is 22.0 Å². The van der Waals surface area contributed by atoms with E-state index in [0.29, 0.717) is 0 Å². The first-order valence-electron chi connectivity index (χ1n) is 12.4. The van der Waals surface area contributed by atoms with Crippen molar-refractivity contribution in [2.75, 3.05) is 12.8 Å². The molecule has 1 heterocycles. The summed E-state index contributed by atoms with van der Waals surface area (Å²) in [7, 11) is -3.27. The smallest absolute Gasteiger partial charge is 0.389 e. The van der Waals surface area contributed by atoms with Crippen molar-refractivity contribution < 1.29 is 45.0 Å². The van der Waals surface area contributed by atoms with Gasteiger partial charge in [-0.05, 0) is 49.8 Å². The molecule has 0 unspecified atom stereocenters. The lowest BCUT2D eigenvalue weighted by Gasteiger charge is -2.35. The summed E-state index contributed by atoms with van der Waals surface area (Å²) in [6.07, 6.45) is -4.17. The largest absolute Gasteiger partial charge is 0.433 e. The molecule has 15 heteroatoms. The van der Waals surface area contributed by atoms with Crippen molar-refractivity contribution in [1.82, 2.24) is 14.9 Å². The average molecular weight is 593 g/mol. The number of ether oxygens (including phenoxy) is 1. The fourth-order valence-corrected chi connectivity index (χ4v) is 5.75. The van der Waals surface area contributed by atoms with Gasteiger partial charge in [-0.2, -0.15) is 27.2 Å². The highest BCUT2D eigenvalue weighted by Crippen LogP contribution is 2.33. The number of nitrogens with zero attached hydrogens (tertiary/aromatic N) is 3. The van der Waals surface area contributed by atoms with Crippen LogP contribution in [0.15, 0.2) is 18.2 Å². The van der Waals surface area contributed by atoms with Crippen LogP contribution >= 0.6 is 0 Å². The minimum absolute atomic E-state index is 0.0743. The Bertz CT molecular complexity index is 1380. The summed E-state index contributed by atoms with van der Waals surface area (Å²) in [5.41, 5.74) is -2.09. The molecule has 0 aliphatic heterocycles. The van der Waals surface area contributed by atoms with Gasteiger partial charge in [0.15, 0.2) is 11.4 Å². The Morgan fingerprint density at radius 3 is 2.50 bits per heavy atom. The lowest BCUT2D eigenvalue weighted by molar-refractivity contribution is -0.134. The van der Waals surface area contributed by atoms with Crippen LogP contribution in [0.5, 0.6) is 5.75 Å². The maximum atomic E-state index is 13.2. The van der Waals surface area contributed by atoms with Crippen LogP contribution in [0.1, 0.15) is 66.6 Å². The molecular formula is C25H29F5N4O5S. The van der Waals surface area contributed by atoms with Crippen molar-refractivity contribution in [3.8, 4) is 17.5 Å². The lowest BCUT2D eigenvalue weighted by atomic mass is 9.84. The predicted octanol–water partition coefficient (Wildman–Crippen LogP) is 3.85. The molecule has 2 aromatic rings. The third-order valence-electron chi connectivity index (χ3n) is 6.81. The van der Waals surface area contributed by atoms with Gasteiger partial charge in [0.2, 0.25) is 0 Å². The van der Waals surface area contributed by atoms with Crippen LogP contribution in [0.25, 0.3) is 5.69 Å². The summed E-state index contributed by atoms with van der Waals surface area (Å²) in [6.45, 7) is -1.93. The number of amides is 1. The maximum absolute atomic E-state index is 13.2. The molecule has 0 radical (unpaired) electrons. The normalized spacial score (nSPS) is 19.9. The number of aryl methyl sites for hydroxylation is 2. The zero-order valence-electron chi connectivity index (χ0n) is 21.8. The molecule has 9 nitrogen and oxygen atoms in total. The van der Waals surface area contributed by atoms with Gasteiger partial charge >= 0.3 is 12.8 Å². The van der Waals surface area contributed by atoms with Gasteiger partial charge in [0.1, 0.15) is 27.5 Å². The lowest BCUT2D eigenvalue weighted by Crippen LogP contribution is -2.47. The Morgan fingerprint density at radius 1 is 1.32 bits per heavy atom. The van der Waals surface area contributed by atoms with E-state index in [9.17, 15) is 45.5 Å². The molecule has 1 amide bonds.